The molecule has 2 heterocycles. The van der Waals surface area contributed by atoms with Gasteiger partial charge in [-0.3, -0.25) is 9.78 Å². The quantitative estimate of drug-likeness (QED) is 0.587. The Morgan fingerprint density at radius 2 is 2.15 bits per heavy atom. The number of aromatic nitrogens is 1. The van der Waals surface area contributed by atoms with Crippen molar-refractivity contribution < 1.29 is 23.4 Å². The van der Waals surface area contributed by atoms with Gasteiger partial charge in [-0.25, -0.2) is 9.65 Å². The number of carbonyl (C=O) groups excluding carboxylic acids is 1. The molecule has 1 aliphatic rings. The van der Waals surface area contributed by atoms with Crippen molar-refractivity contribution in [3.05, 3.63) is 36.5 Å². The van der Waals surface area contributed by atoms with Crippen LogP contribution in [-0.4, -0.2) is 36.3 Å². The van der Waals surface area contributed by atoms with Crippen LogP contribution in [0.5, 0.6) is 5.75 Å². The number of esters is 1. The van der Waals surface area contributed by atoms with Crippen molar-refractivity contribution in [3.8, 4) is 5.75 Å². The van der Waals surface area contributed by atoms with Crippen molar-refractivity contribution >= 4 is 35.0 Å². The number of benzene rings is 1. The molecule has 0 spiro atoms. The summed E-state index contributed by atoms with van der Waals surface area (Å²) in [5.41, 5.74) is 0.783. The Bertz CT molecular complexity index is 828. The summed E-state index contributed by atoms with van der Waals surface area (Å²) in [7, 11) is 0. The van der Waals surface area contributed by atoms with Gasteiger partial charge in [0.25, 0.3) is 0 Å². The van der Waals surface area contributed by atoms with Gasteiger partial charge in [-0.2, -0.15) is 0 Å². The smallest absolute Gasteiger partial charge is 0.409 e. The van der Waals surface area contributed by atoms with Crippen LogP contribution < -0.4 is 9.61 Å². The van der Waals surface area contributed by atoms with Gasteiger partial charge in [0.2, 0.25) is 0 Å². The molecule has 1 aromatic carbocycles. The molecular weight excluding hydrogens is 379 g/mol. The first kappa shape index (κ1) is 19.1. The first-order valence-electron chi connectivity index (χ1n) is 8.33. The van der Waals surface area contributed by atoms with Crippen LogP contribution in [0.15, 0.2) is 36.5 Å². The Kier molecular flexibility index (Phi) is 6.14. The standard InChI is InChI=1S/C17H20ClN2O5P/c1-12(17(21)24-14-6-9-23-10-7-14)20-26(18,22)25-15-4-5-16-13(11-15)3-2-8-19-16/h2-5,8,11-12,14H,6-7,9-10H2,1H3,(H,20,22). The number of pyridine rings is 1. The molecule has 3 rings (SSSR count). The summed E-state index contributed by atoms with van der Waals surface area (Å²) in [4.78, 5) is 16.3. The van der Waals surface area contributed by atoms with Crippen molar-refractivity contribution in [3.63, 3.8) is 0 Å². The van der Waals surface area contributed by atoms with Crippen LogP contribution in [0, 0.1) is 0 Å². The van der Waals surface area contributed by atoms with Gasteiger partial charge in [0.15, 0.2) is 0 Å². The van der Waals surface area contributed by atoms with Gasteiger partial charge in [-0.15, -0.1) is 0 Å². The molecule has 1 fully saturated rings. The molecule has 2 aromatic rings. The maximum Gasteiger partial charge on any atom is 0.409 e. The maximum absolute atomic E-state index is 12.5. The Labute approximate surface area is 156 Å². The minimum absolute atomic E-state index is 0.191. The van der Waals surface area contributed by atoms with E-state index < -0.39 is 18.9 Å². The fourth-order valence-corrected chi connectivity index (χ4v) is 4.30. The average molecular weight is 399 g/mol. The van der Waals surface area contributed by atoms with E-state index in [-0.39, 0.29) is 6.10 Å². The van der Waals surface area contributed by atoms with E-state index in [1.165, 1.54) is 6.92 Å². The molecule has 1 aromatic heterocycles. The molecule has 9 heteroatoms. The second kappa shape index (κ2) is 8.35. The lowest BCUT2D eigenvalue weighted by Crippen LogP contribution is -2.37. The monoisotopic (exact) mass is 398 g/mol. The molecule has 0 amide bonds. The van der Waals surface area contributed by atoms with Gasteiger partial charge in [-0.05, 0) is 31.2 Å². The molecule has 2 unspecified atom stereocenters. The molecule has 0 radical (unpaired) electrons. The van der Waals surface area contributed by atoms with Crippen LogP contribution in [0.4, 0.5) is 0 Å². The first-order valence-corrected chi connectivity index (χ1v) is 10.9. The Hall–Kier alpha value is -1.66. The van der Waals surface area contributed by atoms with Crippen molar-refractivity contribution in [2.75, 3.05) is 13.2 Å². The maximum atomic E-state index is 12.5. The van der Waals surface area contributed by atoms with E-state index >= 15 is 0 Å². The molecule has 26 heavy (non-hydrogen) atoms. The van der Waals surface area contributed by atoms with Gasteiger partial charge >= 0.3 is 12.8 Å². The number of nitrogens with one attached hydrogen (secondary N) is 1. The summed E-state index contributed by atoms with van der Waals surface area (Å²) in [5, 5.41) is 3.35. The second-order valence-electron chi connectivity index (χ2n) is 6.03. The number of hydrogen-bond acceptors (Lipinski definition) is 6. The lowest BCUT2D eigenvalue weighted by atomic mass is 10.1. The van der Waals surface area contributed by atoms with Gasteiger partial charge in [0.05, 0.1) is 18.7 Å². The van der Waals surface area contributed by atoms with Crippen molar-refractivity contribution in [2.24, 2.45) is 0 Å². The number of ether oxygens (including phenoxy) is 2. The van der Waals surface area contributed by atoms with Gasteiger partial charge < -0.3 is 14.0 Å². The third-order valence-corrected chi connectivity index (χ3v) is 5.59. The lowest BCUT2D eigenvalue weighted by Gasteiger charge is -2.24. The average Bonchev–Trinajstić information content (AvgIpc) is 2.61. The second-order valence-corrected chi connectivity index (χ2v) is 8.76. The predicted octanol–water partition coefficient (Wildman–Crippen LogP) is 3.66. The molecule has 0 saturated carbocycles. The molecule has 1 saturated heterocycles. The summed E-state index contributed by atoms with van der Waals surface area (Å²) < 4.78 is 28.5. The largest absolute Gasteiger partial charge is 0.461 e. The normalized spacial score (nSPS) is 18.8. The summed E-state index contributed by atoms with van der Waals surface area (Å²) in [6.45, 7) is -1.12. The number of rotatable bonds is 6. The van der Waals surface area contributed by atoms with E-state index in [0.717, 1.165) is 10.9 Å². The van der Waals surface area contributed by atoms with Gasteiger partial charge in [-0.1, -0.05) is 6.07 Å². The number of nitrogens with zero attached hydrogens (tertiary/aromatic N) is 1. The van der Waals surface area contributed by atoms with Crippen LogP contribution in [0.2, 0.25) is 0 Å². The van der Waals surface area contributed by atoms with E-state index in [2.05, 4.69) is 10.1 Å². The summed E-state index contributed by atoms with van der Waals surface area (Å²) in [5.74, 6) is -0.203. The summed E-state index contributed by atoms with van der Waals surface area (Å²) >= 11 is 5.98. The van der Waals surface area contributed by atoms with Gasteiger partial charge in [0, 0.05) is 35.7 Å². The Balaban J connectivity index is 1.59. The molecule has 1 aliphatic heterocycles. The van der Waals surface area contributed by atoms with Crippen LogP contribution in [0.3, 0.4) is 0 Å². The van der Waals surface area contributed by atoms with Crippen molar-refractivity contribution in [1.29, 1.82) is 0 Å². The number of carbonyl (C=O) groups is 1. The van der Waals surface area contributed by atoms with E-state index in [4.69, 9.17) is 25.2 Å². The van der Waals surface area contributed by atoms with Crippen LogP contribution in [0.25, 0.3) is 10.9 Å². The minimum atomic E-state index is -3.78. The zero-order valence-electron chi connectivity index (χ0n) is 14.3. The number of fused-ring (bicyclic) bond motifs is 1. The third kappa shape index (κ3) is 5.17. The highest BCUT2D eigenvalue weighted by Gasteiger charge is 2.30. The molecule has 1 N–H and O–H groups in total. The highest BCUT2D eigenvalue weighted by atomic mass is 35.7. The number of hydrogen-bond donors (Lipinski definition) is 1. The Morgan fingerprint density at radius 3 is 2.92 bits per heavy atom. The van der Waals surface area contributed by atoms with E-state index in [0.29, 0.717) is 31.8 Å². The van der Waals surface area contributed by atoms with E-state index in [1.807, 2.05) is 6.07 Å². The van der Waals surface area contributed by atoms with Crippen LogP contribution in [-0.2, 0) is 18.8 Å². The summed E-state index contributed by atoms with van der Waals surface area (Å²) in [6, 6.07) is 7.82. The van der Waals surface area contributed by atoms with Crippen molar-refractivity contribution in [2.45, 2.75) is 31.9 Å². The Morgan fingerprint density at radius 1 is 1.38 bits per heavy atom. The SMILES string of the molecule is CC(NP(=O)(Cl)Oc1ccc2ncccc2c1)C(=O)OC1CCOCC1. The highest BCUT2D eigenvalue weighted by molar-refractivity contribution is 7.84. The minimum Gasteiger partial charge on any atom is -0.461 e. The van der Waals surface area contributed by atoms with Crippen LogP contribution in [0.1, 0.15) is 19.8 Å². The molecule has 0 bridgehead atoms. The fraction of sp³-hybridized carbons (Fsp3) is 0.412. The first-order chi connectivity index (χ1) is 12.4. The van der Waals surface area contributed by atoms with E-state index in [1.54, 1.807) is 30.5 Å². The van der Waals surface area contributed by atoms with Crippen molar-refractivity contribution in [1.82, 2.24) is 10.1 Å². The highest BCUT2D eigenvalue weighted by Crippen LogP contribution is 2.49. The third-order valence-electron chi connectivity index (χ3n) is 3.95. The number of halogens is 1. The topological polar surface area (TPSA) is 86.8 Å². The van der Waals surface area contributed by atoms with Crippen LogP contribution >= 0.6 is 18.1 Å². The zero-order valence-corrected chi connectivity index (χ0v) is 15.9. The lowest BCUT2D eigenvalue weighted by molar-refractivity contribution is -0.154. The molecular formula is C17H20ClN2O5P. The molecule has 7 nitrogen and oxygen atoms in total. The zero-order chi connectivity index (χ0) is 18.6. The molecule has 140 valence electrons. The predicted molar refractivity (Wildman–Crippen MR) is 98.4 cm³/mol. The van der Waals surface area contributed by atoms with E-state index in [9.17, 15) is 9.36 Å². The van der Waals surface area contributed by atoms with Gasteiger partial charge in [0.1, 0.15) is 17.9 Å². The molecule has 2 atom stereocenters. The fourth-order valence-electron chi connectivity index (χ4n) is 2.62. The molecule has 0 aliphatic carbocycles. The summed E-state index contributed by atoms with van der Waals surface area (Å²) in [6.07, 6.45) is 2.80.